The molecule has 0 aliphatic carbocycles. The quantitative estimate of drug-likeness (QED) is 0.601. The van der Waals surface area contributed by atoms with Gasteiger partial charge in [0.25, 0.3) is 0 Å². The number of para-hydroxylation sites is 1. The van der Waals surface area contributed by atoms with Gasteiger partial charge >= 0.3 is 5.97 Å². The summed E-state index contributed by atoms with van der Waals surface area (Å²) in [6.07, 6.45) is 0.174. The fraction of sp³-hybridized carbons (Fsp3) is 0.240. The maximum absolute atomic E-state index is 12.7. The van der Waals surface area contributed by atoms with E-state index in [-0.39, 0.29) is 30.3 Å². The van der Waals surface area contributed by atoms with Gasteiger partial charge in [0, 0.05) is 5.41 Å². The zero-order chi connectivity index (χ0) is 21.7. The van der Waals surface area contributed by atoms with Crippen LogP contribution in [0.4, 0.5) is 5.69 Å². The minimum absolute atomic E-state index is 0.173. The number of esters is 1. The van der Waals surface area contributed by atoms with Gasteiger partial charge < -0.3 is 10.1 Å². The highest BCUT2D eigenvalue weighted by molar-refractivity contribution is 6.03. The van der Waals surface area contributed by atoms with E-state index in [0.29, 0.717) is 5.69 Å². The molecule has 3 rings (SSSR count). The Kier molecular flexibility index (Phi) is 6.31. The molecule has 0 bridgehead atoms. The van der Waals surface area contributed by atoms with Gasteiger partial charge in [-0.2, -0.15) is 0 Å². The number of rotatable bonds is 6. The summed E-state index contributed by atoms with van der Waals surface area (Å²) in [6.45, 7) is 5.00. The first-order valence-electron chi connectivity index (χ1n) is 9.81. The van der Waals surface area contributed by atoms with E-state index in [2.05, 4.69) is 5.32 Å². The van der Waals surface area contributed by atoms with Crippen LogP contribution in [0.5, 0.6) is 0 Å². The van der Waals surface area contributed by atoms with E-state index in [1.54, 1.807) is 45.0 Å². The fourth-order valence-corrected chi connectivity index (χ4v) is 3.01. The molecular formula is C25H25NO4. The number of carbonyl (C=O) groups excluding carboxylic acids is 3. The molecule has 154 valence electrons. The molecule has 0 aliphatic rings. The SMILES string of the molecule is CC(C)(C)C(=O)COC(=O)c1ccccc1NC(=O)Cc1cccc2ccccc12. The molecule has 0 radical (unpaired) electrons. The first-order valence-corrected chi connectivity index (χ1v) is 9.81. The minimum Gasteiger partial charge on any atom is -0.454 e. The molecule has 3 aromatic rings. The van der Waals surface area contributed by atoms with E-state index < -0.39 is 11.4 Å². The molecule has 3 aromatic carbocycles. The highest BCUT2D eigenvalue weighted by Gasteiger charge is 2.23. The van der Waals surface area contributed by atoms with Crippen molar-refractivity contribution in [3.8, 4) is 0 Å². The number of benzene rings is 3. The summed E-state index contributed by atoms with van der Waals surface area (Å²) < 4.78 is 5.17. The molecule has 1 amide bonds. The fourth-order valence-electron chi connectivity index (χ4n) is 3.01. The lowest BCUT2D eigenvalue weighted by atomic mass is 9.91. The number of hydrogen-bond donors (Lipinski definition) is 1. The van der Waals surface area contributed by atoms with E-state index in [1.807, 2.05) is 42.5 Å². The van der Waals surface area contributed by atoms with Gasteiger partial charge in [-0.25, -0.2) is 4.79 Å². The number of amides is 1. The zero-order valence-electron chi connectivity index (χ0n) is 17.4. The van der Waals surface area contributed by atoms with Gasteiger partial charge in [0.2, 0.25) is 5.91 Å². The Morgan fingerprint density at radius 3 is 2.30 bits per heavy atom. The molecule has 0 fully saturated rings. The second-order valence-electron chi connectivity index (χ2n) is 8.16. The van der Waals surface area contributed by atoms with Gasteiger partial charge in [-0.1, -0.05) is 75.4 Å². The van der Waals surface area contributed by atoms with Crippen LogP contribution in [0.1, 0.15) is 36.7 Å². The summed E-state index contributed by atoms with van der Waals surface area (Å²) in [5.41, 5.74) is 0.884. The Balaban J connectivity index is 1.72. The van der Waals surface area contributed by atoms with E-state index in [1.165, 1.54) is 0 Å². The van der Waals surface area contributed by atoms with Gasteiger partial charge in [-0.15, -0.1) is 0 Å². The molecule has 30 heavy (non-hydrogen) atoms. The Morgan fingerprint density at radius 1 is 0.867 bits per heavy atom. The number of anilines is 1. The zero-order valence-corrected chi connectivity index (χ0v) is 17.4. The normalized spacial score (nSPS) is 11.2. The molecule has 5 nitrogen and oxygen atoms in total. The Hall–Kier alpha value is -3.47. The van der Waals surface area contributed by atoms with Crippen molar-refractivity contribution in [3.63, 3.8) is 0 Å². The van der Waals surface area contributed by atoms with Crippen LogP contribution in [0.25, 0.3) is 10.8 Å². The van der Waals surface area contributed by atoms with Crippen molar-refractivity contribution in [3.05, 3.63) is 77.9 Å². The Morgan fingerprint density at radius 2 is 1.53 bits per heavy atom. The summed E-state index contributed by atoms with van der Waals surface area (Å²) in [4.78, 5) is 37.2. The summed E-state index contributed by atoms with van der Waals surface area (Å²) in [7, 11) is 0. The molecule has 0 heterocycles. The third-order valence-electron chi connectivity index (χ3n) is 4.82. The van der Waals surface area contributed by atoms with Crippen LogP contribution in [-0.4, -0.2) is 24.3 Å². The van der Waals surface area contributed by atoms with Crippen molar-refractivity contribution < 1.29 is 19.1 Å². The smallest absolute Gasteiger partial charge is 0.340 e. The van der Waals surface area contributed by atoms with Crippen molar-refractivity contribution >= 4 is 34.1 Å². The van der Waals surface area contributed by atoms with Crippen LogP contribution in [0.15, 0.2) is 66.7 Å². The van der Waals surface area contributed by atoms with E-state index in [4.69, 9.17) is 4.74 Å². The molecule has 0 saturated carbocycles. The molecule has 0 saturated heterocycles. The van der Waals surface area contributed by atoms with Crippen molar-refractivity contribution in [1.29, 1.82) is 0 Å². The van der Waals surface area contributed by atoms with Gasteiger partial charge in [-0.05, 0) is 28.5 Å². The van der Waals surface area contributed by atoms with E-state index >= 15 is 0 Å². The molecule has 0 atom stereocenters. The van der Waals surface area contributed by atoms with Crippen LogP contribution in [0, 0.1) is 5.41 Å². The van der Waals surface area contributed by atoms with E-state index in [9.17, 15) is 14.4 Å². The summed E-state index contributed by atoms with van der Waals surface area (Å²) in [5.74, 6) is -1.06. The summed E-state index contributed by atoms with van der Waals surface area (Å²) >= 11 is 0. The van der Waals surface area contributed by atoms with Gasteiger partial charge in [0.05, 0.1) is 17.7 Å². The number of ketones is 1. The number of Topliss-reactive ketones (excluding diaryl/α,β-unsaturated/α-hetero) is 1. The molecule has 1 N–H and O–H groups in total. The maximum atomic E-state index is 12.7. The molecule has 0 unspecified atom stereocenters. The second-order valence-corrected chi connectivity index (χ2v) is 8.16. The number of fused-ring (bicyclic) bond motifs is 1. The molecule has 0 aromatic heterocycles. The first-order chi connectivity index (χ1) is 14.3. The number of carbonyl (C=O) groups is 3. The number of ether oxygens (including phenoxy) is 1. The van der Waals surface area contributed by atoms with Crippen molar-refractivity contribution in [2.45, 2.75) is 27.2 Å². The highest BCUT2D eigenvalue weighted by atomic mass is 16.5. The molecule has 0 spiro atoms. The molecular weight excluding hydrogens is 378 g/mol. The maximum Gasteiger partial charge on any atom is 0.340 e. The average molecular weight is 403 g/mol. The first kappa shape index (κ1) is 21.2. The lowest BCUT2D eigenvalue weighted by molar-refractivity contribution is -0.129. The topological polar surface area (TPSA) is 72.5 Å². The largest absolute Gasteiger partial charge is 0.454 e. The molecule has 5 heteroatoms. The highest BCUT2D eigenvalue weighted by Crippen LogP contribution is 2.21. The summed E-state index contributed by atoms with van der Waals surface area (Å²) in [6, 6.07) is 20.3. The van der Waals surface area contributed by atoms with Crippen LogP contribution in [0.2, 0.25) is 0 Å². The predicted molar refractivity (Wildman–Crippen MR) is 117 cm³/mol. The number of nitrogens with one attached hydrogen (secondary N) is 1. The Bertz CT molecular complexity index is 1090. The van der Waals surface area contributed by atoms with Gasteiger partial charge in [0.15, 0.2) is 12.4 Å². The number of hydrogen-bond acceptors (Lipinski definition) is 4. The summed E-state index contributed by atoms with van der Waals surface area (Å²) in [5, 5.41) is 4.88. The predicted octanol–water partition coefficient (Wildman–Crippen LogP) is 4.79. The van der Waals surface area contributed by atoms with Crippen LogP contribution < -0.4 is 5.32 Å². The lowest BCUT2D eigenvalue weighted by Gasteiger charge is -2.17. The monoisotopic (exact) mass is 403 g/mol. The lowest BCUT2D eigenvalue weighted by Crippen LogP contribution is -2.26. The van der Waals surface area contributed by atoms with Crippen LogP contribution >= 0.6 is 0 Å². The third-order valence-corrected chi connectivity index (χ3v) is 4.82. The third kappa shape index (κ3) is 5.11. The van der Waals surface area contributed by atoms with Gasteiger partial charge in [0.1, 0.15) is 0 Å². The van der Waals surface area contributed by atoms with Crippen LogP contribution in [-0.2, 0) is 20.7 Å². The van der Waals surface area contributed by atoms with Crippen molar-refractivity contribution in [1.82, 2.24) is 0 Å². The van der Waals surface area contributed by atoms with Gasteiger partial charge in [-0.3, -0.25) is 9.59 Å². The average Bonchev–Trinajstić information content (AvgIpc) is 2.71. The van der Waals surface area contributed by atoms with E-state index in [0.717, 1.165) is 16.3 Å². The Labute approximate surface area is 176 Å². The minimum atomic E-state index is -0.645. The molecule has 0 aliphatic heterocycles. The second kappa shape index (κ2) is 8.91. The van der Waals surface area contributed by atoms with Crippen LogP contribution in [0.3, 0.4) is 0 Å². The standard InChI is InChI=1S/C25H25NO4/c1-25(2,3)22(27)16-30-24(29)20-13-6-7-14-21(20)26-23(28)15-18-11-8-10-17-9-4-5-12-19(17)18/h4-14H,15-16H2,1-3H3,(H,26,28). The van der Waals surface area contributed by atoms with Crippen molar-refractivity contribution in [2.75, 3.05) is 11.9 Å². The van der Waals surface area contributed by atoms with Crippen molar-refractivity contribution in [2.24, 2.45) is 5.41 Å².